The van der Waals surface area contributed by atoms with Gasteiger partial charge in [-0.2, -0.15) is 0 Å². The lowest BCUT2D eigenvalue weighted by Gasteiger charge is -2.12. The monoisotopic (exact) mass is 301 g/mol. The fraction of sp³-hybridized carbons (Fsp3) is 0.538. The zero-order valence-corrected chi connectivity index (χ0v) is 12.5. The van der Waals surface area contributed by atoms with E-state index in [1.807, 2.05) is 24.3 Å². The standard InChI is InChI=1S/C13H19NO3S2/c1-2-14-7-10-3-5-11(6-4-10)18-13-9-19(16,17)8-12(13)15/h3-6,12-15H,2,7-9H2,1H3. The number of hydrogen-bond acceptors (Lipinski definition) is 5. The van der Waals surface area contributed by atoms with E-state index in [4.69, 9.17) is 0 Å². The molecule has 0 saturated carbocycles. The quantitative estimate of drug-likeness (QED) is 0.851. The van der Waals surface area contributed by atoms with Gasteiger partial charge in [-0.05, 0) is 24.2 Å². The number of benzene rings is 1. The summed E-state index contributed by atoms with van der Waals surface area (Å²) >= 11 is 1.44. The predicted octanol–water partition coefficient (Wildman–Crippen LogP) is 1.05. The highest BCUT2D eigenvalue weighted by Crippen LogP contribution is 2.31. The van der Waals surface area contributed by atoms with E-state index < -0.39 is 15.9 Å². The fourth-order valence-electron chi connectivity index (χ4n) is 2.04. The van der Waals surface area contributed by atoms with E-state index in [-0.39, 0.29) is 16.8 Å². The first kappa shape index (κ1) is 14.8. The van der Waals surface area contributed by atoms with Crippen LogP contribution >= 0.6 is 11.8 Å². The summed E-state index contributed by atoms with van der Waals surface area (Å²) in [5.41, 5.74) is 1.20. The third kappa shape index (κ3) is 4.21. The van der Waals surface area contributed by atoms with Crippen LogP contribution < -0.4 is 5.32 Å². The Balaban J connectivity index is 1.96. The summed E-state index contributed by atoms with van der Waals surface area (Å²) in [6, 6.07) is 8.02. The molecule has 1 fully saturated rings. The second-order valence-electron chi connectivity index (χ2n) is 4.72. The van der Waals surface area contributed by atoms with Gasteiger partial charge in [0.1, 0.15) is 0 Å². The Labute approximate surface area is 118 Å². The van der Waals surface area contributed by atoms with Crippen molar-refractivity contribution >= 4 is 21.6 Å². The molecule has 1 aromatic carbocycles. The van der Waals surface area contributed by atoms with Crippen LogP contribution in [-0.2, 0) is 16.4 Å². The molecule has 6 heteroatoms. The predicted molar refractivity (Wildman–Crippen MR) is 78.1 cm³/mol. The van der Waals surface area contributed by atoms with Crippen LogP contribution in [0, 0.1) is 0 Å². The highest BCUT2D eigenvalue weighted by Gasteiger charge is 2.36. The van der Waals surface area contributed by atoms with E-state index in [1.54, 1.807) is 0 Å². The van der Waals surface area contributed by atoms with Gasteiger partial charge in [0, 0.05) is 11.4 Å². The first-order valence-corrected chi connectivity index (χ1v) is 9.05. The van der Waals surface area contributed by atoms with Crippen LogP contribution in [0.25, 0.3) is 0 Å². The normalized spacial score (nSPS) is 25.6. The van der Waals surface area contributed by atoms with Gasteiger partial charge >= 0.3 is 0 Å². The average molecular weight is 301 g/mol. The molecule has 1 aromatic rings. The summed E-state index contributed by atoms with van der Waals surface area (Å²) in [5.74, 6) is -0.0405. The molecule has 0 amide bonds. The Morgan fingerprint density at radius 1 is 1.32 bits per heavy atom. The van der Waals surface area contributed by atoms with E-state index >= 15 is 0 Å². The van der Waals surface area contributed by atoms with E-state index in [0.717, 1.165) is 18.0 Å². The molecule has 0 spiro atoms. The van der Waals surface area contributed by atoms with E-state index in [0.29, 0.717) is 0 Å². The third-order valence-electron chi connectivity index (χ3n) is 3.06. The van der Waals surface area contributed by atoms with E-state index in [2.05, 4.69) is 12.2 Å². The van der Waals surface area contributed by atoms with Crippen LogP contribution in [0.1, 0.15) is 12.5 Å². The maximum atomic E-state index is 11.4. The molecule has 2 N–H and O–H groups in total. The Morgan fingerprint density at radius 3 is 2.53 bits per heavy atom. The minimum absolute atomic E-state index is 0.0674. The maximum absolute atomic E-state index is 11.4. The lowest BCUT2D eigenvalue weighted by atomic mass is 10.2. The van der Waals surface area contributed by atoms with Gasteiger partial charge in [-0.15, -0.1) is 11.8 Å². The molecule has 2 atom stereocenters. The second kappa shape index (κ2) is 6.26. The lowest BCUT2D eigenvalue weighted by molar-refractivity contribution is 0.207. The topological polar surface area (TPSA) is 66.4 Å². The van der Waals surface area contributed by atoms with Crippen LogP contribution in [-0.4, -0.2) is 42.9 Å². The van der Waals surface area contributed by atoms with Crippen molar-refractivity contribution in [1.82, 2.24) is 5.32 Å². The molecule has 1 heterocycles. The molecular formula is C13H19NO3S2. The Kier molecular flexibility index (Phi) is 4.89. The molecular weight excluding hydrogens is 282 g/mol. The molecule has 1 aliphatic rings. The number of rotatable bonds is 5. The van der Waals surface area contributed by atoms with Crippen molar-refractivity contribution in [1.29, 1.82) is 0 Å². The van der Waals surface area contributed by atoms with Crippen LogP contribution in [0.5, 0.6) is 0 Å². The van der Waals surface area contributed by atoms with Gasteiger partial charge in [0.2, 0.25) is 0 Å². The van der Waals surface area contributed by atoms with Gasteiger partial charge in [0.25, 0.3) is 0 Å². The Morgan fingerprint density at radius 2 is 2.00 bits per heavy atom. The van der Waals surface area contributed by atoms with Crippen molar-refractivity contribution in [3.63, 3.8) is 0 Å². The number of nitrogens with one attached hydrogen (secondary N) is 1. The van der Waals surface area contributed by atoms with Crippen molar-refractivity contribution in [2.24, 2.45) is 0 Å². The lowest BCUT2D eigenvalue weighted by Crippen LogP contribution is -2.19. The van der Waals surface area contributed by atoms with Gasteiger partial charge in [-0.25, -0.2) is 8.42 Å². The van der Waals surface area contributed by atoms with Crippen molar-refractivity contribution in [3.8, 4) is 0 Å². The Hall–Kier alpha value is -0.560. The Bertz CT molecular complexity index is 513. The van der Waals surface area contributed by atoms with Gasteiger partial charge in [0.15, 0.2) is 9.84 Å². The summed E-state index contributed by atoms with van der Waals surface area (Å²) < 4.78 is 22.9. The first-order valence-electron chi connectivity index (χ1n) is 6.35. The van der Waals surface area contributed by atoms with Gasteiger partial charge in [0.05, 0.1) is 22.9 Å². The number of sulfone groups is 1. The van der Waals surface area contributed by atoms with Crippen molar-refractivity contribution in [2.45, 2.75) is 29.7 Å². The SMILES string of the molecule is CCNCc1ccc(SC2CS(=O)(=O)CC2O)cc1. The van der Waals surface area contributed by atoms with Gasteiger partial charge in [-0.3, -0.25) is 0 Å². The number of aliphatic hydroxyl groups is 1. The van der Waals surface area contributed by atoms with Crippen LogP contribution in [0.3, 0.4) is 0 Å². The van der Waals surface area contributed by atoms with Gasteiger partial charge < -0.3 is 10.4 Å². The van der Waals surface area contributed by atoms with Crippen molar-refractivity contribution in [2.75, 3.05) is 18.1 Å². The number of thioether (sulfide) groups is 1. The molecule has 0 bridgehead atoms. The minimum Gasteiger partial charge on any atom is -0.391 e. The summed E-state index contributed by atoms with van der Waals surface area (Å²) in [5, 5.41) is 12.7. The van der Waals surface area contributed by atoms with Crippen LogP contribution in [0.2, 0.25) is 0 Å². The number of aliphatic hydroxyl groups excluding tert-OH is 1. The van der Waals surface area contributed by atoms with Crippen molar-refractivity contribution < 1.29 is 13.5 Å². The zero-order chi connectivity index (χ0) is 13.9. The molecule has 1 saturated heterocycles. The maximum Gasteiger partial charge on any atom is 0.154 e. The highest BCUT2D eigenvalue weighted by atomic mass is 32.2. The molecule has 0 radical (unpaired) electrons. The molecule has 106 valence electrons. The molecule has 0 aromatic heterocycles. The molecule has 2 unspecified atom stereocenters. The van der Waals surface area contributed by atoms with E-state index in [1.165, 1.54) is 17.3 Å². The first-order chi connectivity index (χ1) is 9.00. The smallest absolute Gasteiger partial charge is 0.154 e. The van der Waals surface area contributed by atoms with Crippen LogP contribution in [0.15, 0.2) is 29.2 Å². The summed E-state index contributed by atoms with van der Waals surface area (Å²) in [6.07, 6.45) is -0.753. The molecule has 2 rings (SSSR count). The average Bonchev–Trinajstić information content (AvgIpc) is 2.61. The zero-order valence-electron chi connectivity index (χ0n) is 10.9. The van der Waals surface area contributed by atoms with Crippen LogP contribution in [0.4, 0.5) is 0 Å². The summed E-state index contributed by atoms with van der Waals surface area (Å²) in [6.45, 7) is 3.83. The summed E-state index contributed by atoms with van der Waals surface area (Å²) in [7, 11) is -3.07. The minimum atomic E-state index is -3.07. The molecule has 1 aliphatic heterocycles. The number of hydrogen-bond donors (Lipinski definition) is 2. The second-order valence-corrected chi connectivity index (χ2v) is 8.19. The highest BCUT2D eigenvalue weighted by molar-refractivity contribution is 8.02. The molecule has 0 aliphatic carbocycles. The molecule has 19 heavy (non-hydrogen) atoms. The van der Waals surface area contributed by atoms with Gasteiger partial charge in [-0.1, -0.05) is 19.1 Å². The van der Waals surface area contributed by atoms with Crippen molar-refractivity contribution in [3.05, 3.63) is 29.8 Å². The largest absolute Gasteiger partial charge is 0.391 e. The third-order valence-corrected chi connectivity index (χ3v) is 6.32. The fourth-order valence-corrected chi connectivity index (χ4v) is 5.56. The summed E-state index contributed by atoms with van der Waals surface area (Å²) in [4.78, 5) is 1.00. The molecule has 4 nitrogen and oxygen atoms in total. The van der Waals surface area contributed by atoms with E-state index in [9.17, 15) is 13.5 Å².